The van der Waals surface area contributed by atoms with Crippen molar-refractivity contribution in [2.24, 2.45) is 0 Å². The van der Waals surface area contributed by atoms with Gasteiger partial charge in [0.15, 0.2) is 0 Å². The summed E-state index contributed by atoms with van der Waals surface area (Å²) in [6.45, 7) is 2.94. The van der Waals surface area contributed by atoms with Gasteiger partial charge in [-0.2, -0.15) is 5.26 Å². The predicted molar refractivity (Wildman–Crippen MR) is 65.7 cm³/mol. The van der Waals surface area contributed by atoms with Crippen LogP contribution in [0.15, 0.2) is 18.2 Å². The van der Waals surface area contributed by atoms with Crippen molar-refractivity contribution in [2.75, 3.05) is 19.0 Å². The number of methoxy groups -OCH3 is 1. The van der Waals surface area contributed by atoms with Gasteiger partial charge >= 0.3 is 0 Å². The number of ether oxygens (including phenoxy) is 1. The number of nitrogens with one attached hydrogen (secondary N) is 1. The normalized spacial score (nSPS) is 9.56. The second-order valence-electron chi connectivity index (χ2n) is 3.57. The number of aryl methyl sites for hydroxylation is 1. The maximum absolute atomic E-state index is 8.42. The molecule has 0 heterocycles. The lowest BCUT2D eigenvalue weighted by molar-refractivity contribution is 0.410. The lowest BCUT2D eigenvalue weighted by Crippen LogP contribution is -2.02. The van der Waals surface area contributed by atoms with E-state index in [0.29, 0.717) is 6.42 Å². The minimum Gasteiger partial charge on any atom is -0.496 e. The fraction of sp³-hybridized carbons (Fsp3) is 0.462. The Bertz CT molecular complexity index is 369. The number of nitrogens with zero attached hydrogens (tertiary/aromatic N) is 1. The Hall–Kier alpha value is -1.69. The molecule has 1 aromatic carbocycles. The molecular formula is C13H18N2O. The summed E-state index contributed by atoms with van der Waals surface area (Å²) in [6, 6.07) is 8.22. The fourth-order valence-corrected chi connectivity index (χ4v) is 1.57. The molecule has 0 bridgehead atoms. The van der Waals surface area contributed by atoms with E-state index >= 15 is 0 Å². The smallest absolute Gasteiger partial charge is 0.122 e. The van der Waals surface area contributed by atoms with Crippen LogP contribution in [0, 0.1) is 11.3 Å². The Morgan fingerprint density at radius 1 is 1.44 bits per heavy atom. The van der Waals surface area contributed by atoms with Gasteiger partial charge in [-0.25, -0.2) is 0 Å². The highest BCUT2D eigenvalue weighted by molar-refractivity contribution is 5.51. The Morgan fingerprint density at radius 3 is 2.88 bits per heavy atom. The summed E-state index contributed by atoms with van der Waals surface area (Å²) in [7, 11) is 1.69. The van der Waals surface area contributed by atoms with E-state index in [1.165, 1.54) is 5.56 Å². The highest BCUT2D eigenvalue weighted by Gasteiger charge is 2.01. The number of unbranched alkanes of at least 4 members (excludes halogenated alkanes) is 1. The third-order valence-electron chi connectivity index (χ3n) is 2.46. The minimum absolute atomic E-state index is 0.601. The fourth-order valence-electron chi connectivity index (χ4n) is 1.57. The van der Waals surface area contributed by atoms with Crippen LogP contribution in [-0.2, 0) is 6.42 Å². The molecule has 0 aliphatic heterocycles. The van der Waals surface area contributed by atoms with Crippen LogP contribution in [0.25, 0.3) is 0 Å². The van der Waals surface area contributed by atoms with Gasteiger partial charge in [0.1, 0.15) is 5.75 Å². The van der Waals surface area contributed by atoms with E-state index < -0.39 is 0 Å². The average Bonchev–Trinajstić information content (AvgIpc) is 2.34. The van der Waals surface area contributed by atoms with Crippen molar-refractivity contribution < 1.29 is 4.74 Å². The molecule has 0 amide bonds. The quantitative estimate of drug-likeness (QED) is 0.746. The van der Waals surface area contributed by atoms with E-state index in [1.807, 2.05) is 12.1 Å². The summed E-state index contributed by atoms with van der Waals surface area (Å²) in [6.07, 6.45) is 2.44. The van der Waals surface area contributed by atoms with Crippen molar-refractivity contribution in [2.45, 2.75) is 26.2 Å². The SMILES string of the molecule is CCc1cc(NCCCC#N)ccc1OC. The van der Waals surface area contributed by atoms with Gasteiger partial charge < -0.3 is 10.1 Å². The molecule has 0 unspecified atom stereocenters. The minimum atomic E-state index is 0.601. The molecule has 0 fully saturated rings. The van der Waals surface area contributed by atoms with Crippen LogP contribution in [-0.4, -0.2) is 13.7 Å². The molecule has 86 valence electrons. The number of benzene rings is 1. The number of hydrogen-bond acceptors (Lipinski definition) is 3. The van der Waals surface area contributed by atoms with Gasteiger partial charge in [-0.05, 0) is 36.6 Å². The molecule has 0 aliphatic carbocycles. The number of nitriles is 1. The second-order valence-corrected chi connectivity index (χ2v) is 3.57. The third-order valence-corrected chi connectivity index (χ3v) is 2.46. The van der Waals surface area contributed by atoms with Crippen LogP contribution in [0.3, 0.4) is 0 Å². The zero-order valence-corrected chi connectivity index (χ0v) is 9.92. The summed E-state index contributed by atoms with van der Waals surface area (Å²) in [5.74, 6) is 0.935. The Balaban J connectivity index is 2.58. The molecule has 1 rings (SSSR count). The molecule has 16 heavy (non-hydrogen) atoms. The van der Waals surface area contributed by atoms with E-state index in [1.54, 1.807) is 7.11 Å². The zero-order chi connectivity index (χ0) is 11.8. The molecular weight excluding hydrogens is 200 g/mol. The van der Waals surface area contributed by atoms with Crippen molar-refractivity contribution >= 4 is 5.69 Å². The first-order valence-electron chi connectivity index (χ1n) is 5.59. The Labute approximate surface area is 97.0 Å². The molecule has 0 radical (unpaired) electrons. The standard InChI is InChI=1S/C13H18N2O/c1-3-11-10-12(6-7-13(11)16-2)15-9-5-4-8-14/h6-7,10,15H,3-5,9H2,1-2H3. The van der Waals surface area contributed by atoms with Crippen molar-refractivity contribution in [1.29, 1.82) is 5.26 Å². The van der Waals surface area contributed by atoms with Gasteiger partial charge in [0.2, 0.25) is 0 Å². The van der Waals surface area contributed by atoms with Gasteiger partial charge in [-0.1, -0.05) is 6.92 Å². The van der Waals surface area contributed by atoms with Crippen LogP contribution in [0.2, 0.25) is 0 Å². The maximum atomic E-state index is 8.42. The Morgan fingerprint density at radius 2 is 2.25 bits per heavy atom. The maximum Gasteiger partial charge on any atom is 0.122 e. The van der Waals surface area contributed by atoms with E-state index in [4.69, 9.17) is 10.00 Å². The predicted octanol–water partition coefficient (Wildman–Crippen LogP) is 2.97. The van der Waals surface area contributed by atoms with Crippen molar-refractivity contribution in [1.82, 2.24) is 0 Å². The lowest BCUT2D eigenvalue weighted by Gasteiger charge is -2.10. The molecule has 0 spiro atoms. The van der Waals surface area contributed by atoms with Gasteiger partial charge in [0.05, 0.1) is 13.2 Å². The molecule has 3 nitrogen and oxygen atoms in total. The molecule has 1 N–H and O–H groups in total. The summed E-state index contributed by atoms with van der Waals surface area (Å²) in [5, 5.41) is 11.7. The van der Waals surface area contributed by atoms with E-state index in [0.717, 1.165) is 30.8 Å². The Kier molecular flexibility index (Phi) is 5.21. The van der Waals surface area contributed by atoms with E-state index in [9.17, 15) is 0 Å². The zero-order valence-electron chi connectivity index (χ0n) is 9.92. The molecule has 0 saturated carbocycles. The van der Waals surface area contributed by atoms with E-state index in [-0.39, 0.29) is 0 Å². The summed E-state index contributed by atoms with van der Waals surface area (Å²) < 4.78 is 5.26. The molecule has 3 heteroatoms. The molecule has 0 aliphatic rings. The third kappa shape index (κ3) is 3.47. The summed E-state index contributed by atoms with van der Waals surface area (Å²) in [5.41, 5.74) is 2.29. The van der Waals surface area contributed by atoms with Crippen LogP contribution < -0.4 is 10.1 Å². The molecule has 0 atom stereocenters. The molecule has 0 aromatic heterocycles. The largest absolute Gasteiger partial charge is 0.496 e. The van der Waals surface area contributed by atoms with Crippen molar-refractivity contribution in [3.8, 4) is 11.8 Å². The highest BCUT2D eigenvalue weighted by atomic mass is 16.5. The van der Waals surface area contributed by atoms with Crippen molar-refractivity contribution in [3.05, 3.63) is 23.8 Å². The topological polar surface area (TPSA) is 45.0 Å². The van der Waals surface area contributed by atoms with E-state index in [2.05, 4.69) is 24.4 Å². The summed E-state index contributed by atoms with van der Waals surface area (Å²) in [4.78, 5) is 0. The van der Waals surface area contributed by atoms with Crippen LogP contribution in [0.5, 0.6) is 5.75 Å². The van der Waals surface area contributed by atoms with Gasteiger partial charge in [-0.15, -0.1) is 0 Å². The highest BCUT2D eigenvalue weighted by Crippen LogP contribution is 2.22. The number of anilines is 1. The lowest BCUT2D eigenvalue weighted by atomic mass is 10.1. The average molecular weight is 218 g/mol. The summed E-state index contributed by atoms with van der Waals surface area (Å²) >= 11 is 0. The first kappa shape index (κ1) is 12.4. The van der Waals surface area contributed by atoms with Crippen molar-refractivity contribution in [3.63, 3.8) is 0 Å². The van der Waals surface area contributed by atoms with Gasteiger partial charge in [-0.3, -0.25) is 0 Å². The molecule has 1 aromatic rings. The number of rotatable bonds is 6. The van der Waals surface area contributed by atoms with Crippen LogP contribution >= 0.6 is 0 Å². The molecule has 0 saturated heterocycles. The second kappa shape index (κ2) is 6.73. The first-order valence-corrected chi connectivity index (χ1v) is 5.59. The van der Waals surface area contributed by atoms with Crippen LogP contribution in [0.1, 0.15) is 25.3 Å². The van der Waals surface area contributed by atoms with Gasteiger partial charge in [0, 0.05) is 18.7 Å². The number of hydrogen-bond donors (Lipinski definition) is 1. The van der Waals surface area contributed by atoms with Gasteiger partial charge in [0.25, 0.3) is 0 Å². The van der Waals surface area contributed by atoms with Crippen LogP contribution in [0.4, 0.5) is 5.69 Å². The first-order chi connectivity index (χ1) is 7.81. The monoisotopic (exact) mass is 218 g/mol.